The first-order chi connectivity index (χ1) is 14.5. The second-order valence-corrected chi connectivity index (χ2v) is 9.45. The summed E-state index contributed by atoms with van der Waals surface area (Å²) in [6, 6.07) is 7.97. The number of anilines is 1. The summed E-state index contributed by atoms with van der Waals surface area (Å²) in [6.45, 7) is 1.06. The number of rotatable bonds is 7. The zero-order valence-corrected chi connectivity index (χ0v) is 17.5. The number of aromatic nitrogens is 3. The quantitative estimate of drug-likeness (QED) is 0.541. The van der Waals surface area contributed by atoms with Gasteiger partial charge in [0, 0.05) is 24.7 Å². The van der Waals surface area contributed by atoms with E-state index in [1.165, 1.54) is 22.7 Å². The first kappa shape index (κ1) is 20.6. The Morgan fingerprint density at radius 2 is 2.00 bits per heavy atom. The van der Waals surface area contributed by atoms with Gasteiger partial charge in [-0.05, 0) is 31.0 Å². The van der Waals surface area contributed by atoms with Crippen molar-refractivity contribution in [1.29, 1.82) is 0 Å². The van der Waals surface area contributed by atoms with Crippen LogP contribution < -0.4 is 5.32 Å². The Morgan fingerprint density at radius 1 is 1.17 bits per heavy atom. The molecule has 1 aliphatic rings. The van der Waals surface area contributed by atoms with Crippen LogP contribution >= 0.6 is 11.8 Å². The molecule has 1 saturated heterocycles. The van der Waals surface area contributed by atoms with Crippen molar-refractivity contribution >= 4 is 33.5 Å². The summed E-state index contributed by atoms with van der Waals surface area (Å²) in [5.74, 6) is 0.240. The molecule has 0 unspecified atom stereocenters. The van der Waals surface area contributed by atoms with E-state index in [1.807, 2.05) is 0 Å². The maximum Gasteiger partial charge on any atom is 0.277 e. The summed E-state index contributed by atoms with van der Waals surface area (Å²) >= 11 is 1.06. The molecule has 3 heterocycles. The third kappa shape index (κ3) is 4.71. The molecule has 1 amide bonds. The van der Waals surface area contributed by atoms with Gasteiger partial charge in [-0.25, -0.2) is 8.42 Å². The van der Waals surface area contributed by atoms with Crippen molar-refractivity contribution in [3.05, 3.63) is 36.6 Å². The highest BCUT2D eigenvalue weighted by atomic mass is 32.2. The van der Waals surface area contributed by atoms with E-state index in [4.69, 9.17) is 4.42 Å². The summed E-state index contributed by atoms with van der Waals surface area (Å²) in [5, 5.41) is 14.2. The molecular formula is C18H19N5O5S2. The van der Waals surface area contributed by atoms with Crippen molar-refractivity contribution < 1.29 is 22.2 Å². The standard InChI is InChI=1S/C18H19N5O5S2/c24-16(19-15-7-10-27-22-15)12-29-18-21-20-17(28-18)13-5-4-6-14(11-13)30(25,26)23-8-2-1-3-9-23/h4-7,10-11H,1-3,8-9,12H2,(H,19,22,24). The molecule has 2 aromatic heterocycles. The molecule has 1 aromatic carbocycles. The number of carbonyl (C=O) groups is 1. The van der Waals surface area contributed by atoms with E-state index >= 15 is 0 Å². The van der Waals surface area contributed by atoms with Crippen LogP contribution in [0.1, 0.15) is 19.3 Å². The van der Waals surface area contributed by atoms with Crippen LogP contribution in [0.3, 0.4) is 0 Å². The number of thioether (sulfide) groups is 1. The number of carbonyl (C=O) groups excluding carboxylic acids is 1. The Kier molecular flexibility index (Phi) is 6.16. The Bertz CT molecular complexity index is 1110. The van der Waals surface area contributed by atoms with Crippen LogP contribution in [0.2, 0.25) is 0 Å². The van der Waals surface area contributed by atoms with Gasteiger partial charge in [-0.1, -0.05) is 29.4 Å². The van der Waals surface area contributed by atoms with Crippen LogP contribution in [0.15, 0.2) is 55.7 Å². The maximum atomic E-state index is 12.9. The van der Waals surface area contributed by atoms with Crippen molar-refractivity contribution in [2.24, 2.45) is 0 Å². The molecule has 4 rings (SSSR count). The van der Waals surface area contributed by atoms with Crippen molar-refractivity contribution in [3.63, 3.8) is 0 Å². The smallest absolute Gasteiger partial charge is 0.277 e. The molecule has 1 fully saturated rings. The summed E-state index contributed by atoms with van der Waals surface area (Å²) in [5.41, 5.74) is 0.500. The highest BCUT2D eigenvalue weighted by Crippen LogP contribution is 2.27. The van der Waals surface area contributed by atoms with Crippen molar-refractivity contribution in [2.45, 2.75) is 29.4 Å². The van der Waals surface area contributed by atoms with Crippen LogP contribution in [0.25, 0.3) is 11.5 Å². The van der Waals surface area contributed by atoms with Gasteiger partial charge in [-0.15, -0.1) is 10.2 Å². The number of piperidine rings is 1. The van der Waals surface area contributed by atoms with Gasteiger partial charge in [-0.2, -0.15) is 4.31 Å². The molecule has 30 heavy (non-hydrogen) atoms. The minimum absolute atomic E-state index is 0.0396. The third-order valence-electron chi connectivity index (χ3n) is 4.47. The Morgan fingerprint density at radius 3 is 2.77 bits per heavy atom. The number of amides is 1. The van der Waals surface area contributed by atoms with Gasteiger partial charge < -0.3 is 14.3 Å². The van der Waals surface area contributed by atoms with Crippen LogP contribution in [-0.2, 0) is 14.8 Å². The first-order valence-corrected chi connectivity index (χ1v) is 11.7. The first-order valence-electron chi connectivity index (χ1n) is 9.29. The normalized spacial score (nSPS) is 15.2. The molecule has 12 heteroatoms. The number of nitrogens with one attached hydrogen (secondary N) is 1. The predicted molar refractivity (Wildman–Crippen MR) is 108 cm³/mol. The molecule has 0 radical (unpaired) electrons. The molecule has 1 N–H and O–H groups in total. The average Bonchev–Trinajstić information content (AvgIpc) is 3.45. The minimum Gasteiger partial charge on any atom is -0.411 e. The molecule has 158 valence electrons. The highest BCUT2D eigenvalue weighted by Gasteiger charge is 2.26. The van der Waals surface area contributed by atoms with Gasteiger partial charge in [0.25, 0.3) is 5.22 Å². The molecule has 0 atom stereocenters. The molecule has 0 bridgehead atoms. The van der Waals surface area contributed by atoms with E-state index in [-0.39, 0.29) is 27.7 Å². The summed E-state index contributed by atoms with van der Waals surface area (Å²) in [7, 11) is -3.56. The van der Waals surface area contributed by atoms with Crippen LogP contribution in [0.4, 0.5) is 5.82 Å². The van der Waals surface area contributed by atoms with Crippen molar-refractivity contribution in [1.82, 2.24) is 19.7 Å². The lowest BCUT2D eigenvalue weighted by Gasteiger charge is -2.25. The maximum absolute atomic E-state index is 12.9. The number of hydrogen-bond acceptors (Lipinski definition) is 9. The van der Waals surface area contributed by atoms with Crippen molar-refractivity contribution in [3.8, 4) is 11.5 Å². The van der Waals surface area contributed by atoms with E-state index in [0.29, 0.717) is 24.5 Å². The van der Waals surface area contributed by atoms with E-state index in [2.05, 4.69) is 25.2 Å². The monoisotopic (exact) mass is 449 g/mol. The van der Waals surface area contributed by atoms with Gasteiger partial charge in [0.1, 0.15) is 6.26 Å². The van der Waals surface area contributed by atoms with E-state index in [9.17, 15) is 13.2 Å². The summed E-state index contributed by atoms with van der Waals surface area (Å²) < 4.78 is 37.5. The summed E-state index contributed by atoms with van der Waals surface area (Å²) in [4.78, 5) is 12.1. The zero-order valence-electron chi connectivity index (χ0n) is 15.9. The van der Waals surface area contributed by atoms with Gasteiger partial charge in [0.2, 0.25) is 21.8 Å². The fourth-order valence-corrected chi connectivity index (χ4v) is 5.14. The van der Waals surface area contributed by atoms with Crippen LogP contribution in [0.5, 0.6) is 0 Å². The second-order valence-electron chi connectivity index (χ2n) is 6.59. The topological polar surface area (TPSA) is 131 Å². The SMILES string of the molecule is O=C(CSc1nnc(-c2cccc(S(=O)(=O)N3CCCCC3)c2)o1)Nc1ccon1. The number of sulfonamides is 1. The van der Waals surface area contributed by atoms with E-state index in [0.717, 1.165) is 31.0 Å². The zero-order chi connectivity index (χ0) is 21.0. The Balaban J connectivity index is 1.43. The fraction of sp³-hybridized carbons (Fsp3) is 0.333. The number of benzene rings is 1. The van der Waals surface area contributed by atoms with Crippen molar-refractivity contribution in [2.75, 3.05) is 24.2 Å². The predicted octanol–water partition coefficient (Wildman–Crippen LogP) is 2.63. The lowest BCUT2D eigenvalue weighted by atomic mass is 10.2. The third-order valence-corrected chi connectivity index (χ3v) is 7.19. The van der Waals surface area contributed by atoms with Gasteiger partial charge in [0.05, 0.1) is 10.6 Å². The van der Waals surface area contributed by atoms with Gasteiger partial charge in [0.15, 0.2) is 5.82 Å². The van der Waals surface area contributed by atoms with Crippen LogP contribution in [0, 0.1) is 0 Å². The van der Waals surface area contributed by atoms with E-state index < -0.39 is 10.0 Å². The Labute approximate surface area is 177 Å². The van der Waals surface area contributed by atoms with E-state index in [1.54, 1.807) is 18.2 Å². The summed E-state index contributed by atoms with van der Waals surface area (Å²) in [6.07, 6.45) is 4.14. The molecule has 0 saturated carbocycles. The lowest BCUT2D eigenvalue weighted by molar-refractivity contribution is -0.113. The molecule has 3 aromatic rings. The van der Waals surface area contributed by atoms with Crippen LogP contribution in [-0.4, -0.2) is 52.8 Å². The Hall–Kier alpha value is -2.70. The average molecular weight is 450 g/mol. The molecule has 1 aliphatic heterocycles. The molecular weight excluding hydrogens is 430 g/mol. The lowest BCUT2D eigenvalue weighted by Crippen LogP contribution is -2.35. The molecule has 0 aliphatic carbocycles. The van der Waals surface area contributed by atoms with Gasteiger partial charge >= 0.3 is 0 Å². The second kappa shape index (κ2) is 8.98. The fourth-order valence-electron chi connectivity index (χ4n) is 3.01. The minimum atomic E-state index is -3.56. The highest BCUT2D eigenvalue weighted by molar-refractivity contribution is 7.99. The molecule has 0 spiro atoms. The number of hydrogen-bond donors (Lipinski definition) is 1. The van der Waals surface area contributed by atoms with Gasteiger partial charge in [-0.3, -0.25) is 4.79 Å². The molecule has 10 nitrogen and oxygen atoms in total. The largest absolute Gasteiger partial charge is 0.411 e. The number of nitrogens with zero attached hydrogens (tertiary/aromatic N) is 4.